The van der Waals surface area contributed by atoms with Crippen molar-refractivity contribution >= 4 is 17.3 Å². The second-order valence-corrected chi connectivity index (χ2v) is 5.31. The Bertz CT molecular complexity index is 632. The van der Waals surface area contributed by atoms with Crippen LogP contribution in [-0.4, -0.2) is 37.3 Å². The summed E-state index contributed by atoms with van der Waals surface area (Å²) in [5.74, 6) is 0.541. The van der Waals surface area contributed by atoms with Gasteiger partial charge in [-0.15, -0.1) is 0 Å². The van der Waals surface area contributed by atoms with Gasteiger partial charge >= 0.3 is 0 Å². The van der Waals surface area contributed by atoms with Gasteiger partial charge in [-0.2, -0.15) is 0 Å². The molecule has 0 aliphatic rings. The van der Waals surface area contributed by atoms with Gasteiger partial charge < -0.3 is 20.1 Å². The molecule has 1 amide bonds. The van der Waals surface area contributed by atoms with Gasteiger partial charge in [-0.05, 0) is 37.6 Å². The van der Waals surface area contributed by atoms with E-state index in [9.17, 15) is 4.79 Å². The van der Waals surface area contributed by atoms with Crippen molar-refractivity contribution in [2.24, 2.45) is 0 Å². The van der Waals surface area contributed by atoms with Gasteiger partial charge in [-0.25, -0.2) is 0 Å². The molecule has 0 heterocycles. The molecule has 0 spiro atoms. The smallest absolute Gasteiger partial charge is 0.243 e. The second kappa shape index (κ2) is 9.57. The maximum absolute atomic E-state index is 12.4. The van der Waals surface area contributed by atoms with Crippen molar-refractivity contribution in [3.8, 4) is 5.75 Å². The zero-order chi connectivity index (χ0) is 17.2. The standard InChI is InChI=1S/C19H24N2O3/c1-2-24-18-12-7-6-11-17(18)20-19(23)15-21(13-8-14-22)16-9-4-3-5-10-16/h3-7,9-12,22H,2,8,13-15H2,1H3,(H,20,23). The molecule has 24 heavy (non-hydrogen) atoms. The van der Waals surface area contributed by atoms with Crippen LogP contribution in [0.15, 0.2) is 54.6 Å². The Kier molecular flexibility index (Phi) is 7.11. The summed E-state index contributed by atoms with van der Waals surface area (Å²) in [6.45, 7) is 3.37. The zero-order valence-electron chi connectivity index (χ0n) is 13.9. The van der Waals surface area contributed by atoms with Crippen molar-refractivity contribution < 1.29 is 14.6 Å². The van der Waals surface area contributed by atoms with E-state index in [1.54, 1.807) is 0 Å². The van der Waals surface area contributed by atoms with Crippen molar-refractivity contribution in [3.05, 3.63) is 54.6 Å². The van der Waals surface area contributed by atoms with Crippen molar-refractivity contribution in [3.63, 3.8) is 0 Å². The lowest BCUT2D eigenvalue weighted by molar-refractivity contribution is -0.115. The van der Waals surface area contributed by atoms with E-state index < -0.39 is 0 Å². The molecule has 0 aromatic heterocycles. The van der Waals surface area contributed by atoms with Crippen molar-refractivity contribution in [1.29, 1.82) is 0 Å². The number of benzene rings is 2. The van der Waals surface area contributed by atoms with Crippen LogP contribution in [0.25, 0.3) is 0 Å². The molecule has 5 nitrogen and oxygen atoms in total. The normalized spacial score (nSPS) is 10.2. The van der Waals surface area contributed by atoms with Gasteiger partial charge in [-0.3, -0.25) is 4.79 Å². The maximum atomic E-state index is 12.4. The number of anilines is 2. The molecule has 0 aliphatic heterocycles. The van der Waals surface area contributed by atoms with Crippen LogP contribution in [0, 0.1) is 0 Å². The highest BCUT2D eigenvalue weighted by atomic mass is 16.5. The summed E-state index contributed by atoms with van der Waals surface area (Å²) in [5, 5.41) is 12.0. The van der Waals surface area contributed by atoms with Gasteiger partial charge in [0.2, 0.25) is 5.91 Å². The van der Waals surface area contributed by atoms with E-state index in [4.69, 9.17) is 9.84 Å². The summed E-state index contributed by atoms with van der Waals surface area (Å²) < 4.78 is 5.53. The van der Waals surface area contributed by atoms with Crippen molar-refractivity contribution in [2.45, 2.75) is 13.3 Å². The highest BCUT2D eigenvalue weighted by Gasteiger charge is 2.13. The summed E-state index contributed by atoms with van der Waals surface area (Å²) in [6, 6.07) is 17.1. The number of aliphatic hydroxyl groups is 1. The van der Waals surface area contributed by atoms with E-state index in [2.05, 4.69) is 5.32 Å². The van der Waals surface area contributed by atoms with Crippen LogP contribution in [0.2, 0.25) is 0 Å². The summed E-state index contributed by atoms with van der Waals surface area (Å²) in [4.78, 5) is 14.4. The number of carbonyl (C=O) groups is 1. The molecule has 0 unspecified atom stereocenters. The van der Waals surface area contributed by atoms with Gasteiger partial charge in [0.25, 0.3) is 0 Å². The Balaban J connectivity index is 2.05. The fraction of sp³-hybridized carbons (Fsp3) is 0.316. The summed E-state index contributed by atoms with van der Waals surface area (Å²) in [7, 11) is 0. The van der Waals surface area contributed by atoms with Gasteiger partial charge in [0.15, 0.2) is 0 Å². The number of hydrogen-bond donors (Lipinski definition) is 2. The summed E-state index contributed by atoms with van der Waals surface area (Å²) in [6.07, 6.45) is 0.609. The monoisotopic (exact) mass is 328 g/mol. The molecule has 2 aromatic rings. The van der Waals surface area contributed by atoms with E-state index >= 15 is 0 Å². The highest BCUT2D eigenvalue weighted by Crippen LogP contribution is 2.23. The molecule has 128 valence electrons. The fourth-order valence-electron chi connectivity index (χ4n) is 2.41. The Morgan fingerprint density at radius 2 is 1.83 bits per heavy atom. The minimum atomic E-state index is -0.121. The highest BCUT2D eigenvalue weighted by molar-refractivity contribution is 5.95. The largest absolute Gasteiger partial charge is 0.492 e. The number of rotatable bonds is 9. The lowest BCUT2D eigenvalue weighted by Crippen LogP contribution is -2.34. The summed E-state index contributed by atoms with van der Waals surface area (Å²) >= 11 is 0. The average Bonchev–Trinajstić information content (AvgIpc) is 2.61. The Labute approximate surface area is 142 Å². The van der Waals surface area contributed by atoms with Crippen LogP contribution in [-0.2, 0) is 4.79 Å². The number of hydrogen-bond acceptors (Lipinski definition) is 4. The van der Waals surface area contributed by atoms with Crippen LogP contribution >= 0.6 is 0 Å². The number of ether oxygens (including phenoxy) is 1. The predicted octanol–water partition coefficient (Wildman–Crippen LogP) is 2.91. The van der Waals surface area contributed by atoms with Crippen LogP contribution in [0.1, 0.15) is 13.3 Å². The molecule has 2 aromatic carbocycles. The number of amides is 1. The molecule has 0 aliphatic carbocycles. The molecule has 0 saturated carbocycles. The lowest BCUT2D eigenvalue weighted by atomic mass is 10.2. The van der Waals surface area contributed by atoms with E-state index in [0.717, 1.165) is 5.69 Å². The SMILES string of the molecule is CCOc1ccccc1NC(=O)CN(CCCO)c1ccccc1. The van der Waals surface area contributed by atoms with Crippen LogP contribution in [0.4, 0.5) is 11.4 Å². The van der Waals surface area contributed by atoms with Gasteiger partial charge in [0.05, 0.1) is 18.8 Å². The second-order valence-electron chi connectivity index (χ2n) is 5.31. The first-order valence-electron chi connectivity index (χ1n) is 8.17. The lowest BCUT2D eigenvalue weighted by Gasteiger charge is -2.24. The minimum Gasteiger partial charge on any atom is -0.492 e. The van der Waals surface area contributed by atoms with Gasteiger partial charge in [0.1, 0.15) is 5.75 Å². The third-order valence-corrected chi connectivity index (χ3v) is 3.50. The van der Waals surface area contributed by atoms with E-state index in [-0.39, 0.29) is 19.1 Å². The van der Waals surface area contributed by atoms with Gasteiger partial charge in [0, 0.05) is 18.8 Å². The predicted molar refractivity (Wildman–Crippen MR) is 96.6 cm³/mol. The Morgan fingerprint density at radius 3 is 2.54 bits per heavy atom. The maximum Gasteiger partial charge on any atom is 0.243 e. The molecule has 0 atom stereocenters. The molecule has 0 saturated heterocycles. The molecular formula is C19H24N2O3. The third-order valence-electron chi connectivity index (χ3n) is 3.50. The molecule has 0 fully saturated rings. The van der Waals surface area contributed by atoms with E-state index in [1.807, 2.05) is 66.4 Å². The molecule has 5 heteroatoms. The molecule has 2 N–H and O–H groups in total. The first kappa shape index (κ1) is 17.8. The van der Waals surface area contributed by atoms with Crippen molar-refractivity contribution in [2.75, 3.05) is 36.5 Å². The number of nitrogens with zero attached hydrogens (tertiary/aromatic N) is 1. The van der Waals surface area contributed by atoms with Gasteiger partial charge in [-0.1, -0.05) is 30.3 Å². The average molecular weight is 328 g/mol. The molecule has 2 rings (SSSR count). The van der Waals surface area contributed by atoms with Crippen LogP contribution in [0.3, 0.4) is 0 Å². The topological polar surface area (TPSA) is 61.8 Å². The number of carbonyl (C=O) groups excluding carboxylic acids is 1. The van der Waals surface area contributed by atoms with E-state index in [0.29, 0.717) is 31.0 Å². The first-order chi connectivity index (χ1) is 11.7. The number of nitrogens with one attached hydrogen (secondary N) is 1. The van der Waals surface area contributed by atoms with Crippen LogP contribution in [0.5, 0.6) is 5.75 Å². The van der Waals surface area contributed by atoms with Crippen LogP contribution < -0.4 is 15.0 Å². The molecule has 0 radical (unpaired) electrons. The Hall–Kier alpha value is -2.53. The van der Waals surface area contributed by atoms with Crippen molar-refractivity contribution in [1.82, 2.24) is 0 Å². The van der Waals surface area contributed by atoms with E-state index in [1.165, 1.54) is 0 Å². The number of para-hydroxylation sites is 3. The minimum absolute atomic E-state index is 0.0954. The number of aliphatic hydroxyl groups excluding tert-OH is 1. The summed E-state index contributed by atoms with van der Waals surface area (Å²) in [5.41, 5.74) is 1.62. The third kappa shape index (κ3) is 5.28. The zero-order valence-corrected chi connectivity index (χ0v) is 13.9. The molecule has 0 bridgehead atoms. The Morgan fingerprint density at radius 1 is 1.12 bits per heavy atom. The first-order valence-corrected chi connectivity index (χ1v) is 8.17. The quantitative estimate of drug-likeness (QED) is 0.743. The molecular weight excluding hydrogens is 304 g/mol. The fourth-order valence-corrected chi connectivity index (χ4v) is 2.41.